The van der Waals surface area contributed by atoms with E-state index in [9.17, 15) is 13.2 Å². The molecule has 1 aliphatic rings. The summed E-state index contributed by atoms with van der Waals surface area (Å²) in [5.41, 5.74) is 4.65. The molecule has 3 heterocycles. The number of benzene rings is 1. The Morgan fingerprint density at radius 2 is 1.74 bits per heavy atom. The largest absolute Gasteiger partial charge is 0.416 e. The lowest BCUT2D eigenvalue weighted by atomic mass is 9.74. The quantitative estimate of drug-likeness (QED) is 0.463. The van der Waals surface area contributed by atoms with Crippen molar-refractivity contribution in [2.45, 2.75) is 63.7 Å². The van der Waals surface area contributed by atoms with Gasteiger partial charge in [0.05, 0.1) is 11.3 Å². The fourth-order valence-corrected chi connectivity index (χ4v) is 4.92. The summed E-state index contributed by atoms with van der Waals surface area (Å²) in [5, 5.41) is 17.2. The Bertz CT molecular complexity index is 1230. The number of aromatic nitrogens is 6. The van der Waals surface area contributed by atoms with E-state index in [4.69, 9.17) is 5.73 Å². The van der Waals surface area contributed by atoms with Crippen LogP contribution in [0.5, 0.6) is 0 Å². The van der Waals surface area contributed by atoms with Crippen molar-refractivity contribution in [2.75, 3.05) is 11.1 Å². The summed E-state index contributed by atoms with van der Waals surface area (Å²) in [7, 11) is 1.51. The molecule has 4 rings (SSSR count). The van der Waals surface area contributed by atoms with Gasteiger partial charge < -0.3 is 16.4 Å². The summed E-state index contributed by atoms with van der Waals surface area (Å²) in [6.45, 7) is 8.09. The Kier molecular flexibility index (Phi) is 5.94. The van der Waals surface area contributed by atoms with Gasteiger partial charge in [0, 0.05) is 35.3 Å². The molecular formula is C22H27F4N9. The number of aryl methyl sites for hydroxylation is 1. The first kappa shape index (κ1) is 24.8. The highest BCUT2D eigenvalue weighted by atomic mass is 19.4. The number of nitrogens with zero attached hydrogens (tertiary/aromatic N) is 6. The maximum atomic E-state index is 15.1. The molecule has 0 bridgehead atoms. The number of halogens is 4. The summed E-state index contributed by atoms with van der Waals surface area (Å²) in [6.07, 6.45) is -3.44. The summed E-state index contributed by atoms with van der Waals surface area (Å²) in [5.74, 6) is -1.33. The van der Waals surface area contributed by atoms with Gasteiger partial charge in [0.15, 0.2) is 17.5 Å². The lowest BCUT2D eigenvalue weighted by Gasteiger charge is -2.46. The van der Waals surface area contributed by atoms with Crippen molar-refractivity contribution in [3.63, 3.8) is 0 Å². The molecule has 13 heteroatoms. The number of hydrogen-bond donors (Lipinski definition) is 3. The van der Waals surface area contributed by atoms with Crippen LogP contribution in [0, 0.1) is 5.82 Å². The number of anilines is 3. The monoisotopic (exact) mass is 493 g/mol. The highest BCUT2D eigenvalue weighted by Gasteiger charge is 2.40. The van der Waals surface area contributed by atoms with Gasteiger partial charge in [-0.3, -0.25) is 0 Å². The van der Waals surface area contributed by atoms with Crippen LogP contribution in [-0.4, -0.2) is 41.3 Å². The van der Waals surface area contributed by atoms with E-state index in [1.54, 1.807) is 0 Å². The smallest absolute Gasteiger partial charge is 0.381 e. The zero-order chi connectivity index (χ0) is 25.8. The highest BCUT2D eigenvalue weighted by Crippen LogP contribution is 2.40. The van der Waals surface area contributed by atoms with Crippen molar-refractivity contribution < 1.29 is 17.6 Å². The minimum absolute atomic E-state index is 0.0285. The SMILES string of the molecule is Cn1nnnc1-c1cc(Nc2nc(N)c(F)c(C3CC(C)(C)NC(C)(C)C3)n2)cc(C(F)(F)F)c1. The number of alkyl halides is 3. The third kappa shape index (κ3) is 5.34. The van der Waals surface area contributed by atoms with Crippen LogP contribution in [0.1, 0.15) is 57.7 Å². The molecule has 0 spiro atoms. The van der Waals surface area contributed by atoms with Crippen molar-refractivity contribution in [3.8, 4) is 11.4 Å². The predicted octanol–water partition coefficient (Wildman–Crippen LogP) is 4.18. The van der Waals surface area contributed by atoms with E-state index in [-0.39, 0.29) is 51.5 Å². The van der Waals surface area contributed by atoms with Gasteiger partial charge in [-0.2, -0.15) is 18.2 Å². The number of nitrogens with one attached hydrogen (secondary N) is 2. The lowest BCUT2D eigenvalue weighted by molar-refractivity contribution is -0.137. The Hall–Kier alpha value is -3.35. The summed E-state index contributed by atoms with van der Waals surface area (Å²) < 4.78 is 57.1. The second-order valence-electron chi connectivity index (χ2n) is 10.2. The third-order valence-corrected chi connectivity index (χ3v) is 5.87. The van der Waals surface area contributed by atoms with E-state index in [0.29, 0.717) is 12.8 Å². The van der Waals surface area contributed by atoms with E-state index in [1.165, 1.54) is 17.8 Å². The minimum atomic E-state index is -4.63. The Balaban J connectivity index is 1.74. The normalized spacial score (nSPS) is 18.0. The molecule has 1 aliphatic heterocycles. The number of rotatable bonds is 4. The molecule has 0 unspecified atom stereocenters. The first-order chi connectivity index (χ1) is 16.1. The molecule has 9 nitrogen and oxygen atoms in total. The van der Waals surface area contributed by atoms with Gasteiger partial charge >= 0.3 is 6.18 Å². The van der Waals surface area contributed by atoms with Gasteiger partial charge in [-0.15, -0.1) is 5.10 Å². The van der Waals surface area contributed by atoms with Crippen LogP contribution in [0.2, 0.25) is 0 Å². The van der Waals surface area contributed by atoms with Crippen LogP contribution in [0.4, 0.5) is 35.0 Å². The molecule has 0 saturated carbocycles. The van der Waals surface area contributed by atoms with Gasteiger partial charge in [0.1, 0.15) is 0 Å². The number of hydrogen-bond acceptors (Lipinski definition) is 8. The number of piperidine rings is 1. The van der Waals surface area contributed by atoms with Gasteiger partial charge in [-0.25, -0.2) is 14.1 Å². The van der Waals surface area contributed by atoms with Crippen LogP contribution >= 0.6 is 0 Å². The van der Waals surface area contributed by atoms with E-state index in [2.05, 4.69) is 36.1 Å². The molecule has 3 aromatic rings. The second kappa shape index (κ2) is 8.40. The molecule has 0 radical (unpaired) electrons. The zero-order valence-electron chi connectivity index (χ0n) is 20.0. The molecule has 0 amide bonds. The molecule has 1 aromatic carbocycles. The molecule has 1 saturated heterocycles. The van der Waals surface area contributed by atoms with E-state index in [0.717, 1.165) is 12.1 Å². The Morgan fingerprint density at radius 1 is 1.09 bits per heavy atom. The zero-order valence-corrected chi connectivity index (χ0v) is 20.0. The number of tetrazole rings is 1. The van der Waals surface area contributed by atoms with Crippen LogP contribution in [0.25, 0.3) is 11.4 Å². The van der Waals surface area contributed by atoms with Crippen molar-refractivity contribution >= 4 is 17.5 Å². The fourth-order valence-electron chi connectivity index (χ4n) is 4.92. The molecule has 2 aromatic heterocycles. The van der Waals surface area contributed by atoms with Crippen molar-refractivity contribution in [1.82, 2.24) is 35.5 Å². The molecule has 0 atom stereocenters. The molecule has 0 aliphatic carbocycles. The minimum Gasteiger partial charge on any atom is -0.381 e. The molecule has 4 N–H and O–H groups in total. The van der Waals surface area contributed by atoms with Gasteiger partial charge in [-0.1, -0.05) is 0 Å². The van der Waals surface area contributed by atoms with E-state index < -0.39 is 17.6 Å². The Labute approximate surface area is 199 Å². The van der Waals surface area contributed by atoms with Crippen molar-refractivity contribution in [2.24, 2.45) is 7.05 Å². The number of nitrogens with two attached hydrogens (primary N) is 1. The van der Waals surface area contributed by atoms with E-state index in [1.807, 2.05) is 27.7 Å². The van der Waals surface area contributed by atoms with Crippen molar-refractivity contribution in [3.05, 3.63) is 35.3 Å². The fraction of sp³-hybridized carbons (Fsp3) is 0.500. The Morgan fingerprint density at radius 3 is 2.31 bits per heavy atom. The van der Waals surface area contributed by atoms with Crippen LogP contribution in [-0.2, 0) is 13.2 Å². The average molecular weight is 494 g/mol. The molecule has 1 fully saturated rings. The molecule has 35 heavy (non-hydrogen) atoms. The van der Waals surface area contributed by atoms with Crippen LogP contribution < -0.4 is 16.4 Å². The van der Waals surface area contributed by atoms with Crippen LogP contribution in [0.15, 0.2) is 18.2 Å². The van der Waals surface area contributed by atoms with E-state index >= 15 is 4.39 Å². The van der Waals surface area contributed by atoms with Crippen LogP contribution in [0.3, 0.4) is 0 Å². The average Bonchev–Trinajstić information content (AvgIpc) is 3.13. The third-order valence-electron chi connectivity index (χ3n) is 5.87. The first-order valence-electron chi connectivity index (χ1n) is 11.0. The standard InChI is InChI=1S/C22H27F4N9/c1-20(2)9-12(10-21(3,4)32-20)16-15(23)17(27)30-19(29-16)28-14-7-11(18-31-33-34-35(18)5)6-13(8-14)22(24,25)26/h6-8,12,32H,9-10H2,1-5H3,(H3,27,28,29,30). The highest BCUT2D eigenvalue weighted by molar-refractivity contribution is 5.67. The van der Waals surface area contributed by atoms with Gasteiger partial charge in [0.2, 0.25) is 5.95 Å². The molecule has 188 valence electrons. The maximum Gasteiger partial charge on any atom is 0.416 e. The summed E-state index contributed by atoms with van der Waals surface area (Å²) in [6, 6.07) is 3.29. The first-order valence-corrected chi connectivity index (χ1v) is 11.0. The number of nitrogen functional groups attached to an aromatic ring is 1. The topological polar surface area (TPSA) is 119 Å². The lowest BCUT2D eigenvalue weighted by Crippen LogP contribution is -2.57. The predicted molar refractivity (Wildman–Crippen MR) is 122 cm³/mol. The summed E-state index contributed by atoms with van der Waals surface area (Å²) >= 11 is 0. The van der Waals surface area contributed by atoms with Gasteiger partial charge in [-0.05, 0) is 69.2 Å². The second-order valence-corrected chi connectivity index (χ2v) is 10.2. The molecular weight excluding hydrogens is 466 g/mol. The maximum absolute atomic E-state index is 15.1. The van der Waals surface area contributed by atoms with Gasteiger partial charge in [0.25, 0.3) is 0 Å². The van der Waals surface area contributed by atoms with Crippen molar-refractivity contribution in [1.29, 1.82) is 0 Å². The summed E-state index contributed by atoms with van der Waals surface area (Å²) in [4.78, 5) is 8.29.